The first kappa shape index (κ1) is 39.0. The van der Waals surface area contributed by atoms with E-state index in [4.69, 9.17) is 10.8 Å². The minimum absolute atomic E-state index is 0.00499. The van der Waals surface area contributed by atoms with E-state index in [2.05, 4.69) is 26.6 Å². The lowest BCUT2D eigenvalue weighted by atomic mass is 10.0. The van der Waals surface area contributed by atoms with Crippen LogP contribution in [0.3, 0.4) is 0 Å². The van der Waals surface area contributed by atoms with Crippen LogP contribution >= 0.6 is 11.8 Å². The van der Waals surface area contributed by atoms with Gasteiger partial charge in [-0.15, -0.1) is 0 Å². The topological polar surface area (TPSA) is 266 Å². The summed E-state index contributed by atoms with van der Waals surface area (Å²) in [6, 6.07) is 9.56. The second-order valence-electron chi connectivity index (χ2n) is 10.6. The molecule has 5 amide bonds. The molecule has 0 aromatic heterocycles. The Morgan fingerprint density at radius 1 is 0.708 bits per heavy atom. The van der Waals surface area contributed by atoms with Crippen LogP contribution in [0, 0.1) is 0 Å². The second-order valence-corrected chi connectivity index (χ2v) is 11.6. The molecule has 0 aliphatic heterocycles. The van der Waals surface area contributed by atoms with Gasteiger partial charge in [-0.05, 0) is 48.1 Å². The Hall–Kier alpha value is -5.16. The van der Waals surface area contributed by atoms with Crippen molar-refractivity contribution in [3.63, 3.8) is 0 Å². The summed E-state index contributed by atoms with van der Waals surface area (Å²) in [6.45, 7) is -1.03. The maximum Gasteiger partial charge on any atom is 0.326 e. The number of rotatable bonds is 20. The zero-order valence-electron chi connectivity index (χ0n) is 26.1. The summed E-state index contributed by atoms with van der Waals surface area (Å²) < 4.78 is 0. The standard InChI is InChI=1S/C31H40N6O10S/c1-48-12-11-22(29(44)37-24(31(46)47)15-27(41)42)36-30(45)23(14-18-5-3-2-4-6-18)35-26(40)17-33-25(39)16-34-28(43)21(32)13-19-7-9-20(38)10-8-19/h2-10,21-24,38H,11-17,32H2,1H3,(H,33,39)(H,34,43)(H,35,40)(H,36,45)(H,37,44)(H,41,42)(H,46,47)/t21-,22-,23-,24-/m0/s1. The number of carboxylic acid groups (broad SMARTS) is 2. The fraction of sp³-hybridized carbons (Fsp3) is 0.387. The molecule has 260 valence electrons. The molecule has 0 radical (unpaired) electrons. The minimum Gasteiger partial charge on any atom is -0.508 e. The van der Waals surface area contributed by atoms with Crippen molar-refractivity contribution in [3.8, 4) is 5.75 Å². The SMILES string of the molecule is CSCC[C@H](NC(=O)[C@H](Cc1ccccc1)NC(=O)CNC(=O)CNC(=O)[C@@H](N)Cc1ccc(O)cc1)C(=O)N[C@@H](CC(=O)O)C(=O)O. The van der Waals surface area contributed by atoms with Gasteiger partial charge in [-0.3, -0.25) is 28.8 Å². The van der Waals surface area contributed by atoms with Gasteiger partial charge in [-0.2, -0.15) is 11.8 Å². The van der Waals surface area contributed by atoms with Crippen LogP contribution in [0.2, 0.25) is 0 Å². The number of hydrogen-bond acceptors (Lipinski definition) is 10. The van der Waals surface area contributed by atoms with Crippen LogP contribution in [-0.2, 0) is 46.4 Å². The van der Waals surface area contributed by atoms with Crippen LogP contribution in [0.1, 0.15) is 24.0 Å². The Labute approximate surface area is 280 Å². The molecule has 16 nitrogen and oxygen atoms in total. The highest BCUT2D eigenvalue weighted by molar-refractivity contribution is 7.98. The second kappa shape index (κ2) is 20.2. The smallest absolute Gasteiger partial charge is 0.326 e. The molecule has 10 N–H and O–H groups in total. The molecule has 0 spiro atoms. The van der Waals surface area contributed by atoms with E-state index in [0.717, 1.165) is 0 Å². The third-order valence-electron chi connectivity index (χ3n) is 6.77. The molecule has 0 saturated carbocycles. The number of benzene rings is 2. The van der Waals surface area contributed by atoms with Crippen molar-refractivity contribution < 1.29 is 48.9 Å². The number of carbonyl (C=O) groups is 7. The van der Waals surface area contributed by atoms with Gasteiger partial charge >= 0.3 is 11.9 Å². The van der Waals surface area contributed by atoms with Gasteiger partial charge in [0, 0.05) is 6.42 Å². The molecule has 17 heteroatoms. The predicted molar refractivity (Wildman–Crippen MR) is 175 cm³/mol. The van der Waals surface area contributed by atoms with Crippen molar-refractivity contribution in [2.45, 2.75) is 49.9 Å². The highest BCUT2D eigenvalue weighted by atomic mass is 32.2. The van der Waals surface area contributed by atoms with Crippen LogP contribution in [0.4, 0.5) is 0 Å². The van der Waals surface area contributed by atoms with E-state index in [1.54, 1.807) is 48.7 Å². The quantitative estimate of drug-likeness (QED) is 0.0770. The number of carboxylic acids is 2. The highest BCUT2D eigenvalue weighted by Gasteiger charge is 2.30. The van der Waals surface area contributed by atoms with E-state index >= 15 is 0 Å². The van der Waals surface area contributed by atoms with Crippen molar-refractivity contribution >= 4 is 53.2 Å². The van der Waals surface area contributed by atoms with Crippen molar-refractivity contribution in [1.29, 1.82) is 0 Å². The van der Waals surface area contributed by atoms with E-state index in [9.17, 15) is 43.8 Å². The van der Waals surface area contributed by atoms with Crippen molar-refractivity contribution in [3.05, 3.63) is 65.7 Å². The first-order chi connectivity index (χ1) is 22.8. The van der Waals surface area contributed by atoms with Gasteiger partial charge in [0.25, 0.3) is 0 Å². The summed E-state index contributed by atoms with van der Waals surface area (Å²) in [5.74, 6) is -6.32. The molecule has 48 heavy (non-hydrogen) atoms. The predicted octanol–water partition coefficient (Wildman–Crippen LogP) is -1.50. The normalized spacial score (nSPS) is 13.1. The Balaban J connectivity index is 2.01. The van der Waals surface area contributed by atoms with Gasteiger partial charge in [0.2, 0.25) is 29.5 Å². The Kier molecular flexibility index (Phi) is 16.4. The van der Waals surface area contributed by atoms with E-state index in [1.807, 2.05) is 0 Å². The number of nitrogens with one attached hydrogen (secondary N) is 5. The largest absolute Gasteiger partial charge is 0.508 e. The maximum absolute atomic E-state index is 13.4. The van der Waals surface area contributed by atoms with Crippen LogP contribution in [0.25, 0.3) is 0 Å². The zero-order chi connectivity index (χ0) is 35.6. The van der Waals surface area contributed by atoms with Crippen LogP contribution in [-0.4, -0.2) is 106 Å². The number of nitrogens with two attached hydrogens (primary N) is 1. The van der Waals surface area contributed by atoms with E-state index < -0.39 is 85.2 Å². The van der Waals surface area contributed by atoms with Gasteiger partial charge in [0.05, 0.1) is 25.6 Å². The first-order valence-corrected chi connectivity index (χ1v) is 16.1. The van der Waals surface area contributed by atoms with E-state index in [0.29, 0.717) is 16.9 Å². The molecule has 0 aliphatic rings. The fourth-order valence-corrected chi connectivity index (χ4v) is 4.72. The third-order valence-corrected chi connectivity index (χ3v) is 7.41. The maximum atomic E-state index is 13.4. The number of hydrogen-bond donors (Lipinski definition) is 9. The summed E-state index contributed by atoms with van der Waals surface area (Å²) in [6.07, 6.45) is 1.10. The summed E-state index contributed by atoms with van der Waals surface area (Å²) in [5.41, 5.74) is 7.25. The summed E-state index contributed by atoms with van der Waals surface area (Å²) in [7, 11) is 0. The van der Waals surface area contributed by atoms with Gasteiger partial charge in [-0.25, -0.2) is 4.79 Å². The molecule has 0 fully saturated rings. The number of amides is 5. The Morgan fingerprint density at radius 2 is 1.29 bits per heavy atom. The Morgan fingerprint density at radius 3 is 1.90 bits per heavy atom. The molecule has 0 saturated heterocycles. The summed E-state index contributed by atoms with van der Waals surface area (Å²) in [5, 5.41) is 39.6. The monoisotopic (exact) mass is 688 g/mol. The van der Waals surface area contributed by atoms with Crippen LogP contribution < -0.4 is 32.3 Å². The summed E-state index contributed by atoms with van der Waals surface area (Å²) in [4.78, 5) is 86.3. The van der Waals surface area contributed by atoms with Gasteiger partial charge in [-0.1, -0.05) is 42.5 Å². The number of carbonyl (C=O) groups excluding carboxylic acids is 5. The number of thioether (sulfide) groups is 1. The highest BCUT2D eigenvalue weighted by Crippen LogP contribution is 2.11. The molecule has 4 atom stereocenters. The molecule has 2 rings (SSSR count). The van der Waals surface area contributed by atoms with E-state index in [1.165, 1.54) is 23.9 Å². The fourth-order valence-electron chi connectivity index (χ4n) is 4.25. The summed E-state index contributed by atoms with van der Waals surface area (Å²) >= 11 is 1.36. The van der Waals surface area contributed by atoms with Crippen LogP contribution in [0.15, 0.2) is 54.6 Å². The molecule has 0 unspecified atom stereocenters. The molecular weight excluding hydrogens is 648 g/mol. The molecule has 0 bridgehead atoms. The molecule has 0 aliphatic carbocycles. The molecule has 2 aromatic rings. The van der Waals surface area contributed by atoms with Crippen molar-refractivity contribution in [2.24, 2.45) is 5.73 Å². The third kappa shape index (κ3) is 14.5. The number of phenols is 1. The van der Waals surface area contributed by atoms with E-state index in [-0.39, 0.29) is 25.0 Å². The van der Waals surface area contributed by atoms with Crippen molar-refractivity contribution in [2.75, 3.05) is 25.1 Å². The molecular formula is C31H40N6O10S. The lowest BCUT2D eigenvalue weighted by molar-refractivity contribution is -0.147. The van der Waals surface area contributed by atoms with Gasteiger partial charge in [0.1, 0.15) is 23.9 Å². The average Bonchev–Trinajstić information content (AvgIpc) is 3.04. The van der Waals surface area contributed by atoms with Crippen molar-refractivity contribution in [1.82, 2.24) is 26.6 Å². The lowest BCUT2D eigenvalue weighted by Gasteiger charge is -2.24. The zero-order valence-corrected chi connectivity index (χ0v) is 27.0. The minimum atomic E-state index is -1.73. The lowest BCUT2D eigenvalue weighted by Crippen LogP contribution is -2.57. The Bertz CT molecular complexity index is 1430. The first-order valence-electron chi connectivity index (χ1n) is 14.7. The van der Waals surface area contributed by atoms with Gasteiger partial charge in [0.15, 0.2) is 0 Å². The number of aromatic hydroxyl groups is 1. The number of phenolic OH excluding ortho intramolecular Hbond substituents is 1. The molecule has 2 aromatic carbocycles. The van der Waals surface area contributed by atoms with Gasteiger partial charge < -0.3 is 47.6 Å². The molecule has 0 heterocycles. The number of aliphatic carboxylic acids is 2. The average molecular weight is 689 g/mol. The van der Waals surface area contributed by atoms with Crippen LogP contribution in [0.5, 0.6) is 5.75 Å².